The van der Waals surface area contributed by atoms with E-state index in [0.29, 0.717) is 5.56 Å². The molecule has 0 radical (unpaired) electrons. The van der Waals surface area contributed by atoms with Crippen LogP contribution in [-0.2, 0) is 10.0 Å². The smallest absolute Gasteiger partial charge is 0.291 e. The van der Waals surface area contributed by atoms with E-state index in [1.165, 1.54) is 19.2 Å². The summed E-state index contributed by atoms with van der Waals surface area (Å²) >= 11 is 0. The number of hydrogen-bond acceptors (Lipinski definition) is 7. The molecule has 1 aromatic heterocycles. The number of sulfonamides is 1. The summed E-state index contributed by atoms with van der Waals surface area (Å²) in [4.78, 5) is 13.3. The molecule has 0 saturated heterocycles. The van der Waals surface area contributed by atoms with Gasteiger partial charge in [-0.2, -0.15) is 0 Å². The van der Waals surface area contributed by atoms with Gasteiger partial charge in [-0.1, -0.05) is 6.07 Å². The Morgan fingerprint density at radius 2 is 2.04 bits per heavy atom. The topological polar surface area (TPSA) is 132 Å². The molecule has 122 valence electrons. The summed E-state index contributed by atoms with van der Waals surface area (Å²) < 4.78 is 32.0. The van der Waals surface area contributed by atoms with Gasteiger partial charge in [0.05, 0.1) is 18.1 Å². The molecule has 1 aromatic carbocycles. The lowest BCUT2D eigenvalue weighted by Gasteiger charge is -2.12. The summed E-state index contributed by atoms with van der Waals surface area (Å²) in [6, 6.07) is 5.37. The van der Waals surface area contributed by atoms with Gasteiger partial charge in [0.2, 0.25) is 0 Å². The molecule has 23 heavy (non-hydrogen) atoms. The van der Waals surface area contributed by atoms with Crippen molar-refractivity contribution in [3.8, 4) is 11.5 Å². The minimum absolute atomic E-state index is 0.115. The van der Waals surface area contributed by atoms with Crippen molar-refractivity contribution in [1.29, 1.82) is 0 Å². The van der Waals surface area contributed by atoms with Gasteiger partial charge in [-0.15, -0.1) is 0 Å². The number of nitro groups is 1. The minimum atomic E-state index is -4.10. The number of pyridine rings is 1. The molecule has 0 amide bonds. The SMILES string of the molecule is COc1ccc(C)cc1S(=O)(=O)Nc1ncc([N+](=O)[O-])cc1O. The molecule has 10 heteroatoms. The number of methoxy groups -OCH3 is 1. The third-order valence-electron chi connectivity index (χ3n) is 2.90. The second kappa shape index (κ2) is 6.08. The van der Waals surface area contributed by atoms with Crippen molar-refractivity contribution < 1.29 is 23.2 Å². The Morgan fingerprint density at radius 3 is 2.61 bits per heavy atom. The molecule has 1 heterocycles. The molecule has 0 fully saturated rings. The largest absolute Gasteiger partial charge is 0.504 e. The predicted octanol–water partition coefficient (Wildman–Crippen LogP) is 1.81. The van der Waals surface area contributed by atoms with E-state index < -0.39 is 32.2 Å². The van der Waals surface area contributed by atoms with E-state index >= 15 is 0 Å². The summed E-state index contributed by atoms with van der Waals surface area (Å²) in [5, 5.41) is 20.3. The zero-order valence-electron chi connectivity index (χ0n) is 12.2. The van der Waals surface area contributed by atoms with Crippen molar-refractivity contribution in [2.75, 3.05) is 11.8 Å². The highest BCUT2D eigenvalue weighted by molar-refractivity contribution is 7.92. The second-order valence-corrected chi connectivity index (χ2v) is 6.23. The fraction of sp³-hybridized carbons (Fsp3) is 0.154. The summed E-state index contributed by atoms with van der Waals surface area (Å²) in [5.74, 6) is -0.960. The first kappa shape index (κ1) is 16.5. The van der Waals surface area contributed by atoms with E-state index in [4.69, 9.17) is 4.74 Å². The number of ether oxygens (including phenoxy) is 1. The van der Waals surface area contributed by atoms with Crippen LogP contribution in [0.3, 0.4) is 0 Å². The average Bonchev–Trinajstić information content (AvgIpc) is 2.49. The highest BCUT2D eigenvalue weighted by Gasteiger charge is 2.22. The monoisotopic (exact) mass is 339 g/mol. The summed E-state index contributed by atoms with van der Waals surface area (Å²) in [7, 11) is -2.78. The van der Waals surface area contributed by atoms with Gasteiger partial charge in [-0.3, -0.25) is 14.8 Å². The van der Waals surface area contributed by atoms with Crippen LogP contribution >= 0.6 is 0 Å². The Labute approximate surface area is 131 Å². The number of nitrogens with one attached hydrogen (secondary N) is 1. The molecule has 2 rings (SSSR count). The normalized spacial score (nSPS) is 11.0. The van der Waals surface area contributed by atoms with Crippen LogP contribution in [0.25, 0.3) is 0 Å². The maximum absolute atomic E-state index is 12.4. The van der Waals surface area contributed by atoms with Crippen molar-refractivity contribution in [1.82, 2.24) is 4.98 Å². The Bertz CT molecular complexity index is 866. The molecule has 0 atom stereocenters. The number of aromatic nitrogens is 1. The fourth-order valence-electron chi connectivity index (χ4n) is 1.80. The zero-order chi connectivity index (χ0) is 17.2. The van der Waals surface area contributed by atoms with E-state index in [0.717, 1.165) is 12.3 Å². The summed E-state index contributed by atoms with van der Waals surface area (Å²) in [6.07, 6.45) is 0.838. The minimum Gasteiger partial charge on any atom is -0.504 e. The van der Waals surface area contributed by atoms with Crippen LogP contribution in [0.5, 0.6) is 11.5 Å². The first-order chi connectivity index (χ1) is 10.7. The number of aromatic hydroxyl groups is 1. The number of hydrogen-bond donors (Lipinski definition) is 2. The molecule has 0 saturated carbocycles. The Balaban J connectivity index is 2.43. The molecule has 0 unspecified atom stereocenters. The molecule has 0 aliphatic carbocycles. The predicted molar refractivity (Wildman–Crippen MR) is 81.1 cm³/mol. The van der Waals surface area contributed by atoms with Gasteiger partial charge in [0.15, 0.2) is 11.6 Å². The summed E-state index contributed by atoms with van der Waals surface area (Å²) in [5.41, 5.74) is 0.227. The standard InChI is InChI=1S/C13H13N3O6S/c1-8-3-4-11(22-2)12(5-8)23(20,21)15-13-10(17)6-9(7-14-13)16(18)19/h3-7,17H,1-2H3,(H,14,15). The lowest BCUT2D eigenvalue weighted by Crippen LogP contribution is -2.15. The van der Waals surface area contributed by atoms with Crippen molar-refractivity contribution in [2.24, 2.45) is 0 Å². The number of benzene rings is 1. The second-order valence-electron chi connectivity index (χ2n) is 4.58. The number of rotatable bonds is 5. The van der Waals surface area contributed by atoms with Gasteiger partial charge in [0.1, 0.15) is 16.8 Å². The van der Waals surface area contributed by atoms with Crippen LogP contribution in [-0.4, -0.2) is 30.5 Å². The third kappa shape index (κ3) is 3.48. The first-order valence-electron chi connectivity index (χ1n) is 6.25. The molecule has 0 spiro atoms. The average molecular weight is 339 g/mol. The third-order valence-corrected chi connectivity index (χ3v) is 4.26. The molecule has 0 aliphatic rings. The van der Waals surface area contributed by atoms with Crippen molar-refractivity contribution in [2.45, 2.75) is 11.8 Å². The van der Waals surface area contributed by atoms with Crippen LogP contribution in [0, 0.1) is 17.0 Å². The Hall–Kier alpha value is -2.88. The summed E-state index contributed by atoms with van der Waals surface area (Å²) in [6.45, 7) is 1.71. The molecule has 0 bridgehead atoms. The van der Waals surface area contributed by atoms with Crippen molar-refractivity contribution in [3.63, 3.8) is 0 Å². The maximum atomic E-state index is 12.4. The van der Waals surface area contributed by atoms with Gasteiger partial charge in [0, 0.05) is 0 Å². The van der Waals surface area contributed by atoms with Gasteiger partial charge in [0.25, 0.3) is 15.7 Å². The van der Waals surface area contributed by atoms with E-state index in [9.17, 15) is 23.6 Å². The van der Waals surface area contributed by atoms with Gasteiger partial charge in [-0.25, -0.2) is 13.4 Å². The van der Waals surface area contributed by atoms with E-state index in [1.54, 1.807) is 13.0 Å². The fourth-order valence-corrected chi connectivity index (χ4v) is 3.08. The molecule has 2 N–H and O–H groups in total. The van der Waals surface area contributed by atoms with Crippen LogP contribution < -0.4 is 9.46 Å². The van der Waals surface area contributed by atoms with Crippen LogP contribution in [0.15, 0.2) is 35.4 Å². The van der Waals surface area contributed by atoms with Gasteiger partial charge >= 0.3 is 0 Å². The first-order valence-corrected chi connectivity index (χ1v) is 7.74. The van der Waals surface area contributed by atoms with Crippen molar-refractivity contribution >= 4 is 21.5 Å². The Kier molecular flexibility index (Phi) is 4.36. The number of anilines is 1. The zero-order valence-corrected chi connectivity index (χ0v) is 13.0. The van der Waals surface area contributed by atoms with Crippen molar-refractivity contribution in [3.05, 3.63) is 46.1 Å². The highest BCUT2D eigenvalue weighted by atomic mass is 32.2. The molecular formula is C13H13N3O6S. The van der Waals surface area contributed by atoms with Crippen LogP contribution in [0.1, 0.15) is 5.56 Å². The lowest BCUT2D eigenvalue weighted by atomic mass is 10.2. The van der Waals surface area contributed by atoms with Crippen LogP contribution in [0.2, 0.25) is 0 Å². The molecule has 9 nitrogen and oxygen atoms in total. The van der Waals surface area contributed by atoms with Gasteiger partial charge in [-0.05, 0) is 24.6 Å². The van der Waals surface area contributed by atoms with Crippen LogP contribution in [0.4, 0.5) is 11.5 Å². The Morgan fingerprint density at radius 1 is 1.35 bits per heavy atom. The molecule has 0 aliphatic heterocycles. The highest BCUT2D eigenvalue weighted by Crippen LogP contribution is 2.30. The number of nitrogens with zero attached hydrogens (tertiary/aromatic N) is 2. The van der Waals surface area contributed by atoms with Gasteiger partial charge < -0.3 is 9.84 Å². The van der Waals surface area contributed by atoms with E-state index in [2.05, 4.69) is 9.71 Å². The quantitative estimate of drug-likeness (QED) is 0.627. The van der Waals surface area contributed by atoms with E-state index in [-0.39, 0.29) is 10.6 Å². The number of aryl methyl sites for hydroxylation is 1. The maximum Gasteiger partial charge on any atom is 0.291 e. The molecular weight excluding hydrogens is 326 g/mol. The van der Waals surface area contributed by atoms with E-state index in [1.807, 2.05) is 0 Å². The lowest BCUT2D eigenvalue weighted by molar-refractivity contribution is -0.385. The molecule has 2 aromatic rings.